The molecule has 1 aromatic heterocycles. The molecule has 0 fully saturated rings. The average Bonchev–Trinajstić information content (AvgIpc) is 2.86. The van der Waals surface area contributed by atoms with Crippen LogP contribution in [0.25, 0.3) is 22.4 Å². The monoisotopic (exact) mass is 280 g/mol. The highest BCUT2D eigenvalue weighted by atomic mass is 16.5. The van der Waals surface area contributed by atoms with E-state index in [0.29, 0.717) is 5.76 Å². The molecule has 0 aliphatic carbocycles. The Morgan fingerprint density at radius 2 is 1.81 bits per heavy atom. The van der Waals surface area contributed by atoms with Crippen molar-refractivity contribution in [2.45, 2.75) is 6.92 Å². The second-order valence-corrected chi connectivity index (χ2v) is 4.74. The Morgan fingerprint density at radius 3 is 2.52 bits per heavy atom. The summed E-state index contributed by atoms with van der Waals surface area (Å²) in [5.74, 6) is 1.55. The van der Waals surface area contributed by atoms with Gasteiger partial charge in [0.25, 0.3) is 6.01 Å². The van der Waals surface area contributed by atoms with Gasteiger partial charge in [0.2, 0.25) is 0 Å². The molecule has 0 saturated heterocycles. The topological polar surface area (TPSA) is 61.3 Å². The molecular weight excluding hydrogens is 264 g/mol. The number of aryl methyl sites for hydroxylation is 1. The fourth-order valence-corrected chi connectivity index (χ4v) is 2.40. The van der Waals surface area contributed by atoms with E-state index in [0.717, 1.165) is 28.1 Å². The Labute approximate surface area is 123 Å². The predicted octanol–water partition coefficient (Wildman–Crippen LogP) is 3.91. The molecule has 0 bridgehead atoms. The Morgan fingerprint density at radius 1 is 1.05 bits per heavy atom. The number of benzene rings is 2. The number of oxazole rings is 1. The van der Waals surface area contributed by atoms with Crippen LogP contribution < -0.4 is 10.5 Å². The van der Waals surface area contributed by atoms with Gasteiger partial charge in [0, 0.05) is 11.1 Å². The molecule has 1 heterocycles. The molecule has 0 spiro atoms. The zero-order valence-electron chi connectivity index (χ0n) is 12.0. The standard InChI is InChI=1S/C17H16N2O2/c1-11-16(19-17(18)21-11)13-7-5-6-12(10-13)14-8-3-4-9-15(14)20-2/h3-10H,1-2H3,(H2,18,19). The van der Waals surface area contributed by atoms with Gasteiger partial charge in [-0.2, -0.15) is 4.98 Å². The molecule has 3 rings (SSSR count). The summed E-state index contributed by atoms with van der Waals surface area (Å²) < 4.78 is 10.7. The summed E-state index contributed by atoms with van der Waals surface area (Å²) in [6.45, 7) is 1.86. The maximum absolute atomic E-state index is 5.61. The van der Waals surface area contributed by atoms with Crippen molar-refractivity contribution in [1.82, 2.24) is 4.98 Å². The minimum atomic E-state index is 0.185. The molecule has 4 heteroatoms. The van der Waals surface area contributed by atoms with Crippen LogP contribution in [-0.2, 0) is 0 Å². The molecule has 106 valence electrons. The van der Waals surface area contributed by atoms with Gasteiger partial charge in [-0.15, -0.1) is 0 Å². The van der Waals surface area contributed by atoms with E-state index in [-0.39, 0.29) is 6.01 Å². The van der Waals surface area contributed by atoms with Crippen molar-refractivity contribution in [3.05, 3.63) is 54.3 Å². The number of ether oxygens (including phenoxy) is 1. The third kappa shape index (κ3) is 2.48. The number of aromatic nitrogens is 1. The van der Waals surface area contributed by atoms with E-state index in [4.69, 9.17) is 14.9 Å². The molecule has 21 heavy (non-hydrogen) atoms. The first-order valence-corrected chi connectivity index (χ1v) is 6.66. The molecule has 4 nitrogen and oxygen atoms in total. The number of nitrogens with two attached hydrogens (primary N) is 1. The van der Waals surface area contributed by atoms with Gasteiger partial charge in [-0.25, -0.2) is 0 Å². The van der Waals surface area contributed by atoms with Gasteiger partial charge in [0.1, 0.15) is 17.2 Å². The first kappa shape index (κ1) is 13.2. The lowest BCUT2D eigenvalue weighted by molar-refractivity contribution is 0.416. The number of nitrogen functional groups attached to an aromatic ring is 1. The highest BCUT2D eigenvalue weighted by molar-refractivity contribution is 5.76. The summed E-state index contributed by atoms with van der Waals surface area (Å²) in [7, 11) is 1.67. The van der Waals surface area contributed by atoms with Crippen molar-refractivity contribution in [2.24, 2.45) is 0 Å². The van der Waals surface area contributed by atoms with Gasteiger partial charge < -0.3 is 14.9 Å². The van der Waals surface area contributed by atoms with Crippen molar-refractivity contribution in [2.75, 3.05) is 12.8 Å². The van der Waals surface area contributed by atoms with Crippen molar-refractivity contribution in [3.8, 4) is 28.1 Å². The van der Waals surface area contributed by atoms with Gasteiger partial charge in [-0.05, 0) is 24.6 Å². The summed E-state index contributed by atoms with van der Waals surface area (Å²) in [5.41, 5.74) is 9.45. The second-order valence-electron chi connectivity index (χ2n) is 4.74. The van der Waals surface area contributed by atoms with Crippen molar-refractivity contribution >= 4 is 6.01 Å². The number of hydrogen-bond acceptors (Lipinski definition) is 4. The Hall–Kier alpha value is -2.75. The van der Waals surface area contributed by atoms with E-state index < -0.39 is 0 Å². The zero-order valence-corrected chi connectivity index (χ0v) is 12.0. The van der Waals surface area contributed by atoms with E-state index in [1.165, 1.54) is 0 Å². The second kappa shape index (κ2) is 5.32. The first-order valence-electron chi connectivity index (χ1n) is 6.66. The summed E-state index contributed by atoms with van der Waals surface area (Å²) >= 11 is 0. The molecule has 0 radical (unpaired) electrons. The quantitative estimate of drug-likeness (QED) is 0.790. The van der Waals surface area contributed by atoms with Gasteiger partial charge in [0.15, 0.2) is 0 Å². The van der Waals surface area contributed by atoms with Crippen LogP contribution in [0.2, 0.25) is 0 Å². The summed E-state index contributed by atoms with van der Waals surface area (Å²) in [6.07, 6.45) is 0. The Balaban J connectivity index is 2.10. The van der Waals surface area contributed by atoms with Crippen LogP contribution in [-0.4, -0.2) is 12.1 Å². The van der Waals surface area contributed by atoms with Crippen molar-refractivity contribution in [3.63, 3.8) is 0 Å². The molecule has 0 saturated carbocycles. The first-order chi connectivity index (χ1) is 10.2. The van der Waals surface area contributed by atoms with Crippen molar-refractivity contribution < 1.29 is 9.15 Å². The molecule has 2 aromatic carbocycles. The largest absolute Gasteiger partial charge is 0.496 e. The highest BCUT2D eigenvalue weighted by Gasteiger charge is 2.11. The average molecular weight is 280 g/mol. The number of nitrogens with zero attached hydrogens (tertiary/aromatic N) is 1. The minimum Gasteiger partial charge on any atom is -0.496 e. The maximum Gasteiger partial charge on any atom is 0.292 e. The molecule has 0 unspecified atom stereocenters. The molecule has 0 atom stereocenters. The van der Waals surface area contributed by atoms with E-state index in [1.54, 1.807) is 7.11 Å². The fraction of sp³-hybridized carbons (Fsp3) is 0.118. The van der Waals surface area contributed by atoms with Gasteiger partial charge in [-0.1, -0.05) is 36.4 Å². The fourth-order valence-electron chi connectivity index (χ4n) is 2.40. The Kier molecular flexibility index (Phi) is 3.36. The molecule has 3 aromatic rings. The highest BCUT2D eigenvalue weighted by Crippen LogP contribution is 2.33. The van der Waals surface area contributed by atoms with Gasteiger partial charge in [0.05, 0.1) is 7.11 Å². The number of anilines is 1. The van der Waals surface area contributed by atoms with Crippen LogP contribution >= 0.6 is 0 Å². The third-order valence-corrected chi connectivity index (χ3v) is 3.37. The van der Waals surface area contributed by atoms with Crippen LogP contribution in [0.3, 0.4) is 0 Å². The van der Waals surface area contributed by atoms with Crippen molar-refractivity contribution in [1.29, 1.82) is 0 Å². The lowest BCUT2D eigenvalue weighted by Gasteiger charge is -2.09. The smallest absolute Gasteiger partial charge is 0.292 e. The maximum atomic E-state index is 5.61. The summed E-state index contributed by atoms with van der Waals surface area (Å²) in [4.78, 5) is 4.24. The predicted molar refractivity (Wildman–Crippen MR) is 83.1 cm³/mol. The summed E-state index contributed by atoms with van der Waals surface area (Å²) in [6, 6.07) is 16.2. The van der Waals surface area contributed by atoms with Crippen LogP contribution in [0.1, 0.15) is 5.76 Å². The van der Waals surface area contributed by atoms with E-state index in [1.807, 2.05) is 49.4 Å². The third-order valence-electron chi connectivity index (χ3n) is 3.37. The lowest BCUT2D eigenvalue weighted by Crippen LogP contribution is -1.88. The lowest BCUT2D eigenvalue weighted by atomic mass is 10.0. The SMILES string of the molecule is COc1ccccc1-c1cccc(-c2nc(N)oc2C)c1. The molecular formula is C17H16N2O2. The van der Waals surface area contributed by atoms with E-state index in [9.17, 15) is 0 Å². The number of rotatable bonds is 3. The van der Waals surface area contributed by atoms with Crippen LogP contribution in [0.15, 0.2) is 52.9 Å². The number of para-hydroxylation sites is 1. The number of hydrogen-bond donors (Lipinski definition) is 1. The van der Waals surface area contributed by atoms with E-state index >= 15 is 0 Å². The van der Waals surface area contributed by atoms with Gasteiger partial charge in [-0.3, -0.25) is 0 Å². The van der Waals surface area contributed by atoms with E-state index in [2.05, 4.69) is 11.1 Å². The van der Waals surface area contributed by atoms with Gasteiger partial charge >= 0.3 is 0 Å². The molecule has 2 N–H and O–H groups in total. The summed E-state index contributed by atoms with van der Waals surface area (Å²) in [5, 5.41) is 0. The molecule has 0 amide bonds. The zero-order chi connectivity index (χ0) is 14.8. The molecule has 0 aliphatic rings. The molecule has 0 aliphatic heterocycles. The Bertz CT molecular complexity index is 778. The van der Waals surface area contributed by atoms with Crippen LogP contribution in [0.5, 0.6) is 5.75 Å². The van der Waals surface area contributed by atoms with Crippen LogP contribution in [0.4, 0.5) is 6.01 Å². The van der Waals surface area contributed by atoms with Crippen LogP contribution in [0, 0.1) is 6.92 Å². The number of methoxy groups -OCH3 is 1. The minimum absolute atomic E-state index is 0.185. The normalized spacial score (nSPS) is 10.6.